The molecule has 0 bridgehead atoms. The highest BCUT2D eigenvalue weighted by Crippen LogP contribution is 2.35. The van der Waals surface area contributed by atoms with Crippen LogP contribution in [0.25, 0.3) is 0 Å². The van der Waals surface area contributed by atoms with Gasteiger partial charge in [-0.05, 0) is 17.9 Å². The molecule has 0 spiro atoms. The number of hydrogen-bond donors (Lipinski definition) is 1. The molecule has 102 valence electrons. The van der Waals surface area contributed by atoms with Crippen LogP contribution in [0.5, 0.6) is 0 Å². The summed E-state index contributed by atoms with van der Waals surface area (Å²) in [4.78, 5) is 8.16. The summed E-state index contributed by atoms with van der Waals surface area (Å²) in [6.45, 7) is 6.86. The molecule has 4 heteroatoms. The molecule has 0 aliphatic rings. The molecule has 0 saturated carbocycles. The van der Waals surface area contributed by atoms with Crippen molar-refractivity contribution in [2.45, 2.75) is 39.3 Å². The highest BCUT2D eigenvalue weighted by Gasteiger charge is 2.34. The first-order valence-electron chi connectivity index (χ1n) is 6.48. The minimum atomic E-state index is -0.937. The molecule has 0 fully saturated rings. The predicted octanol–water partition coefficient (Wildman–Crippen LogP) is 2.60. The number of rotatable bonds is 4. The summed E-state index contributed by atoms with van der Waals surface area (Å²) in [5, 5.41) is 11.1. The molecule has 0 radical (unpaired) electrons. The Bertz CT molecular complexity index is 502. The minimum Gasteiger partial charge on any atom is -0.383 e. The maximum Gasteiger partial charge on any atom is 0.109 e. The molecule has 1 atom stereocenters. The standard InChI is InChI=1S/C15H21N3O/c1-14(2,3)10-15(19,11-18-8-7-17-12-18)13-5-4-6-16-9-13/h4-9,12,19H,10-11H2,1-3H3/t15-/m1/s1. The lowest BCUT2D eigenvalue weighted by Crippen LogP contribution is -2.35. The lowest BCUT2D eigenvalue weighted by molar-refractivity contribution is -0.0190. The largest absolute Gasteiger partial charge is 0.383 e. The van der Waals surface area contributed by atoms with Crippen molar-refractivity contribution in [1.82, 2.24) is 14.5 Å². The zero-order valence-corrected chi connectivity index (χ0v) is 11.7. The highest BCUT2D eigenvalue weighted by atomic mass is 16.3. The van der Waals surface area contributed by atoms with Gasteiger partial charge >= 0.3 is 0 Å². The molecular formula is C15H21N3O. The third-order valence-electron chi connectivity index (χ3n) is 3.02. The first-order chi connectivity index (χ1) is 8.89. The van der Waals surface area contributed by atoms with Gasteiger partial charge in [-0.25, -0.2) is 4.98 Å². The Morgan fingerprint density at radius 1 is 1.21 bits per heavy atom. The smallest absolute Gasteiger partial charge is 0.109 e. The molecule has 0 aliphatic heterocycles. The SMILES string of the molecule is CC(C)(C)C[C@@](O)(Cn1ccnc1)c1cccnc1. The summed E-state index contributed by atoms with van der Waals surface area (Å²) in [7, 11) is 0. The zero-order chi connectivity index (χ0) is 13.9. The maximum atomic E-state index is 11.1. The van der Waals surface area contributed by atoms with E-state index in [-0.39, 0.29) is 5.41 Å². The molecule has 4 nitrogen and oxygen atoms in total. The Morgan fingerprint density at radius 2 is 2.00 bits per heavy atom. The van der Waals surface area contributed by atoms with Crippen molar-refractivity contribution < 1.29 is 5.11 Å². The van der Waals surface area contributed by atoms with Crippen LogP contribution in [0.2, 0.25) is 0 Å². The summed E-state index contributed by atoms with van der Waals surface area (Å²) >= 11 is 0. The van der Waals surface area contributed by atoms with Gasteiger partial charge in [0.2, 0.25) is 0 Å². The van der Waals surface area contributed by atoms with E-state index in [2.05, 4.69) is 30.7 Å². The second kappa shape index (κ2) is 5.13. The molecule has 0 aromatic carbocycles. The fourth-order valence-corrected chi connectivity index (χ4v) is 2.45. The lowest BCUT2D eigenvalue weighted by Gasteiger charge is -2.34. The number of aliphatic hydroxyl groups is 1. The van der Waals surface area contributed by atoms with Crippen molar-refractivity contribution in [1.29, 1.82) is 0 Å². The fraction of sp³-hybridized carbons (Fsp3) is 0.467. The van der Waals surface area contributed by atoms with Crippen LogP contribution in [0.1, 0.15) is 32.8 Å². The quantitative estimate of drug-likeness (QED) is 0.918. The third-order valence-corrected chi connectivity index (χ3v) is 3.02. The van der Waals surface area contributed by atoms with Crippen LogP contribution in [0.15, 0.2) is 43.2 Å². The molecule has 19 heavy (non-hydrogen) atoms. The van der Waals surface area contributed by atoms with Crippen molar-refractivity contribution in [3.63, 3.8) is 0 Å². The van der Waals surface area contributed by atoms with Gasteiger partial charge in [-0.3, -0.25) is 4.98 Å². The second-order valence-corrected chi connectivity index (χ2v) is 6.25. The van der Waals surface area contributed by atoms with Gasteiger partial charge in [-0.1, -0.05) is 26.8 Å². The molecule has 0 unspecified atom stereocenters. The van der Waals surface area contributed by atoms with Crippen molar-refractivity contribution in [3.05, 3.63) is 48.8 Å². The fourth-order valence-electron chi connectivity index (χ4n) is 2.45. The highest BCUT2D eigenvalue weighted by molar-refractivity contribution is 5.18. The van der Waals surface area contributed by atoms with E-state index in [0.717, 1.165) is 5.56 Å². The van der Waals surface area contributed by atoms with Gasteiger partial charge < -0.3 is 9.67 Å². The Labute approximate surface area is 114 Å². The normalized spacial score (nSPS) is 15.2. The number of aromatic nitrogens is 3. The van der Waals surface area contributed by atoms with E-state index >= 15 is 0 Å². The van der Waals surface area contributed by atoms with Crippen molar-refractivity contribution in [3.8, 4) is 0 Å². The van der Waals surface area contributed by atoms with Gasteiger partial charge in [0.1, 0.15) is 5.60 Å². The summed E-state index contributed by atoms with van der Waals surface area (Å²) in [6, 6.07) is 3.78. The predicted molar refractivity (Wildman–Crippen MR) is 74.4 cm³/mol. The van der Waals surface area contributed by atoms with Crippen LogP contribution in [-0.2, 0) is 12.1 Å². The molecule has 2 heterocycles. The van der Waals surface area contributed by atoms with E-state index in [1.807, 2.05) is 22.9 Å². The molecule has 2 aromatic heterocycles. The van der Waals surface area contributed by atoms with Crippen LogP contribution < -0.4 is 0 Å². The molecule has 0 saturated heterocycles. The first kappa shape index (κ1) is 13.7. The van der Waals surface area contributed by atoms with Gasteiger partial charge in [0.15, 0.2) is 0 Å². The molecule has 2 aromatic rings. The molecular weight excluding hydrogens is 238 g/mol. The van der Waals surface area contributed by atoms with Crippen LogP contribution in [0.4, 0.5) is 0 Å². The van der Waals surface area contributed by atoms with E-state index in [9.17, 15) is 5.11 Å². The number of imidazole rings is 1. The maximum absolute atomic E-state index is 11.1. The summed E-state index contributed by atoms with van der Waals surface area (Å²) in [6.07, 6.45) is 9.43. The van der Waals surface area contributed by atoms with E-state index in [1.165, 1.54) is 0 Å². The van der Waals surface area contributed by atoms with Crippen molar-refractivity contribution in [2.75, 3.05) is 0 Å². The van der Waals surface area contributed by atoms with Crippen molar-refractivity contribution in [2.24, 2.45) is 5.41 Å². The zero-order valence-electron chi connectivity index (χ0n) is 11.7. The van der Waals surface area contributed by atoms with Crippen molar-refractivity contribution >= 4 is 0 Å². The molecule has 1 N–H and O–H groups in total. The van der Waals surface area contributed by atoms with Gasteiger partial charge in [-0.15, -0.1) is 0 Å². The second-order valence-electron chi connectivity index (χ2n) is 6.25. The Balaban J connectivity index is 2.32. The van der Waals surface area contributed by atoms with E-state index in [0.29, 0.717) is 13.0 Å². The average Bonchev–Trinajstić information content (AvgIpc) is 2.80. The van der Waals surface area contributed by atoms with E-state index < -0.39 is 5.60 Å². The van der Waals surface area contributed by atoms with Gasteiger partial charge in [0.25, 0.3) is 0 Å². The monoisotopic (exact) mass is 259 g/mol. The average molecular weight is 259 g/mol. The lowest BCUT2D eigenvalue weighted by atomic mass is 9.78. The topological polar surface area (TPSA) is 50.9 Å². The minimum absolute atomic E-state index is 0.0190. The summed E-state index contributed by atoms with van der Waals surface area (Å²) in [5.74, 6) is 0. The first-order valence-corrected chi connectivity index (χ1v) is 6.48. The molecule has 2 rings (SSSR count). The Kier molecular flexibility index (Phi) is 3.71. The van der Waals surface area contributed by atoms with Gasteiger partial charge in [-0.2, -0.15) is 0 Å². The summed E-state index contributed by atoms with van der Waals surface area (Å²) in [5.41, 5.74) is -0.0723. The van der Waals surface area contributed by atoms with Gasteiger partial charge in [0, 0.05) is 30.4 Å². The van der Waals surface area contributed by atoms with Gasteiger partial charge in [0.05, 0.1) is 12.9 Å². The Morgan fingerprint density at radius 3 is 2.53 bits per heavy atom. The van der Waals surface area contributed by atoms with Crippen LogP contribution in [0, 0.1) is 5.41 Å². The molecule has 0 amide bonds. The number of nitrogens with zero attached hydrogens (tertiary/aromatic N) is 3. The van der Waals surface area contributed by atoms with E-state index in [4.69, 9.17) is 0 Å². The van der Waals surface area contributed by atoms with Crippen LogP contribution in [-0.4, -0.2) is 19.6 Å². The van der Waals surface area contributed by atoms with E-state index in [1.54, 1.807) is 24.9 Å². The third kappa shape index (κ3) is 3.64. The number of hydrogen-bond acceptors (Lipinski definition) is 3. The van der Waals surface area contributed by atoms with Crippen LogP contribution >= 0.6 is 0 Å². The summed E-state index contributed by atoms with van der Waals surface area (Å²) < 4.78 is 1.90. The number of pyridine rings is 1. The van der Waals surface area contributed by atoms with Crippen LogP contribution in [0.3, 0.4) is 0 Å². The molecule has 0 aliphatic carbocycles. The Hall–Kier alpha value is -1.68.